The molecule has 128 valence electrons. The van der Waals surface area contributed by atoms with Gasteiger partial charge in [-0.1, -0.05) is 6.07 Å². The van der Waals surface area contributed by atoms with Crippen LogP contribution in [0.3, 0.4) is 0 Å². The fraction of sp³-hybridized carbons (Fsp3) is 0.412. The Hall–Kier alpha value is -2.28. The Morgan fingerprint density at radius 2 is 1.92 bits per heavy atom. The predicted octanol–water partition coefficient (Wildman–Crippen LogP) is 2.20. The van der Waals surface area contributed by atoms with Crippen LogP contribution in [0, 0.1) is 11.6 Å². The van der Waals surface area contributed by atoms with Crippen LogP contribution >= 0.6 is 0 Å². The van der Waals surface area contributed by atoms with E-state index in [2.05, 4.69) is 5.10 Å². The summed E-state index contributed by atoms with van der Waals surface area (Å²) in [5.74, 6) is -1.21. The van der Waals surface area contributed by atoms with Crippen LogP contribution in [0.25, 0.3) is 5.69 Å². The number of hydrogen-bond donors (Lipinski definition) is 0. The molecule has 1 aliphatic heterocycles. The Balaban J connectivity index is 1.74. The Labute approximate surface area is 139 Å². The summed E-state index contributed by atoms with van der Waals surface area (Å²) in [6.07, 6.45) is 2.44. The smallest absolute Gasteiger partial charge is 0.236 e. The van der Waals surface area contributed by atoms with Gasteiger partial charge in [0, 0.05) is 32.4 Å². The second kappa shape index (κ2) is 7.09. The van der Waals surface area contributed by atoms with Gasteiger partial charge in [-0.2, -0.15) is 5.10 Å². The molecule has 2 aromatic rings. The van der Waals surface area contributed by atoms with E-state index in [0.717, 1.165) is 19.5 Å². The quantitative estimate of drug-likeness (QED) is 0.861. The van der Waals surface area contributed by atoms with Gasteiger partial charge in [0.1, 0.15) is 5.69 Å². The van der Waals surface area contributed by atoms with E-state index in [4.69, 9.17) is 0 Å². The lowest BCUT2D eigenvalue weighted by Gasteiger charge is -2.19. The minimum absolute atomic E-state index is 0.106. The third kappa shape index (κ3) is 3.46. The van der Waals surface area contributed by atoms with Crippen molar-refractivity contribution in [1.29, 1.82) is 0 Å². The molecule has 1 saturated heterocycles. The van der Waals surface area contributed by atoms with Crippen LogP contribution in [0.15, 0.2) is 30.5 Å². The number of nitrogens with zero attached hydrogens (tertiary/aromatic N) is 4. The average Bonchev–Trinajstić information content (AvgIpc) is 2.91. The Morgan fingerprint density at radius 3 is 2.62 bits per heavy atom. The van der Waals surface area contributed by atoms with Crippen molar-refractivity contribution in [2.45, 2.75) is 19.9 Å². The number of rotatable bonds is 4. The lowest BCUT2D eigenvalue weighted by atomic mass is 10.3. The molecule has 0 radical (unpaired) electrons. The highest BCUT2D eigenvalue weighted by atomic mass is 19.1. The van der Waals surface area contributed by atoms with Crippen molar-refractivity contribution in [3.05, 3.63) is 47.8 Å². The number of likely N-dealkylation sites (N-methyl/N-ethyl adjacent to an activating group) is 1. The molecule has 0 aliphatic carbocycles. The van der Waals surface area contributed by atoms with Crippen LogP contribution in [0.2, 0.25) is 0 Å². The number of aromatic nitrogens is 2. The Morgan fingerprint density at radius 1 is 1.17 bits per heavy atom. The molecule has 1 amide bonds. The van der Waals surface area contributed by atoms with Gasteiger partial charge in [0.15, 0.2) is 11.6 Å². The number of hydrogen-bond acceptors (Lipinski definition) is 3. The molecular formula is C17H20F2N4O. The number of benzene rings is 1. The first-order valence-electron chi connectivity index (χ1n) is 8.07. The highest BCUT2D eigenvalue weighted by Gasteiger charge is 2.21. The third-order valence-corrected chi connectivity index (χ3v) is 4.19. The maximum Gasteiger partial charge on any atom is 0.236 e. The first-order chi connectivity index (χ1) is 11.6. The molecule has 0 saturated carbocycles. The van der Waals surface area contributed by atoms with Gasteiger partial charge in [0.05, 0.1) is 12.2 Å². The molecule has 1 aromatic carbocycles. The number of carbonyl (C=O) groups excluding carboxylic acids is 1. The van der Waals surface area contributed by atoms with E-state index in [-0.39, 0.29) is 11.6 Å². The van der Waals surface area contributed by atoms with Gasteiger partial charge in [0.25, 0.3) is 0 Å². The lowest BCUT2D eigenvalue weighted by molar-refractivity contribution is -0.131. The lowest BCUT2D eigenvalue weighted by Crippen LogP contribution is -2.36. The number of halogens is 2. The molecule has 0 spiro atoms. The van der Waals surface area contributed by atoms with E-state index >= 15 is 0 Å². The van der Waals surface area contributed by atoms with Gasteiger partial charge in [0.2, 0.25) is 5.91 Å². The van der Waals surface area contributed by atoms with Gasteiger partial charge < -0.3 is 4.90 Å². The summed E-state index contributed by atoms with van der Waals surface area (Å²) in [6.45, 7) is 5.07. The van der Waals surface area contributed by atoms with E-state index in [0.29, 0.717) is 25.3 Å². The molecule has 5 nitrogen and oxygen atoms in total. The van der Waals surface area contributed by atoms with Crippen molar-refractivity contribution in [1.82, 2.24) is 19.6 Å². The molecule has 1 aromatic heterocycles. The van der Waals surface area contributed by atoms with Crippen LogP contribution in [0.4, 0.5) is 8.78 Å². The fourth-order valence-corrected chi connectivity index (χ4v) is 2.96. The molecule has 0 unspecified atom stereocenters. The minimum Gasteiger partial charge on any atom is -0.342 e. The molecule has 7 heteroatoms. The highest BCUT2D eigenvalue weighted by molar-refractivity contribution is 5.78. The van der Waals surface area contributed by atoms with Crippen LogP contribution < -0.4 is 0 Å². The zero-order valence-electron chi connectivity index (χ0n) is 13.6. The summed E-state index contributed by atoms with van der Waals surface area (Å²) in [4.78, 5) is 16.0. The first-order valence-corrected chi connectivity index (χ1v) is 8.07. The summed E-state index contributed by atoms with van der Waals surface area (Å²) in [7, 11) is 0. The van der Waals surface area contributed by atoms with Gasteiger partial charge in [-0.05, 0) is 31.5 Å². The summed E-state index contributed by atoms with van der Waals surface area (Å²) < 4.78 is 28.9. The average molecular weight is 334 g/mol. The highest BCUT2D eigenvalue weighted by Crippen LogP contribution is 2.17. The number of amides is 1. The topological polar surface area (TPSA) is 41.4 Å². The summed E-state index contributed by atoms with van der Waals surface area (Å²) >= 11 is 0. The summed E-state index contributed by atoms with van der Waals surface area (Å²) in [5, 5.41) is 4.26. The first kappa shape index (κ1) is 16.6. The van der Waals surface area contributed by atoms with E-state index in [9.17, 15) is 13.6 Å². The molecule has 0 bridgehead atoms. The van der Waals surface area contributed by atoms with Crippen LogP contribution in [0.1, 0.15) is 19.0 Å². The normalized spacial score (nSPS) is 16.5. The zero-order chi connectivity index (χ0) is 17.1. The van der Waals surface area contributed by atoms with Crippen molar-refractivity contribution >= 4 is 5.91 Å². The van der Waals surface area contributed by atoms with Crippen molar-refractivity contribution in [3.63, 3.8) is 0 Å². The number of carbonyl (C=O) groups is 1. The van der Waals surface area contributed by atoms with Crippen molar-refractivity contribution < 1.29 is 13.6 Å². The van der Waals surface area contributed by atoms with Gasteiger partial charge in [-0.25, -0.2) is 13.5 Å². The second-order valence-corrected chi connectivity index (χ2v) is 5.86. The molecule has 0 atom stereocenters. The Bertz CT molecular complexity index is 711. The van der Waals surface area contributed by atoms with Crippen molar-refractivity contribution in [2.75, 3.05) is 26.2 Å². The second-order valence-electron chi connectivity index (χ2n) is 5.86. The van der Waals surface area contributed by atoms with E-state index in [1.807, 2.05) is 16.7 Å². The molecule has 1 aliphatic rings. The SMILES string of the molecule is CCN1CCCN(Cc2ccn(-c3c(F)cccc3F)n2)CC1=O. The van der Waals surface area contributed by atoms with Gasteiger partial charge in [-0.3, -0.25) is 9.69 Å². The third-order valence-electron chi connectivity index (χ3n) is 4.19. The summed E-state index contributed by atoms with van der Waals surface area (Å²) in [5.41, 5.74) is 0.489. The molecular weight excluding hydrogens is 314 g/mol. The van der Waals surface area contributed by atoms with Crippen molar-refractivity contribution in [3.8, 4) is 5.69 Å². The number of para-hydroxylation sites is 1. The van der Waals surface area contributed by atoms with Crippen molar-refractivity contribution in [2.24, 2.45) is 0 Å². The maximum atomic E-state index is 13.8. The molecule has 3 rings (SSSR count). The standard InChI is InChI=1S/C17H20F2N4O/c1-2-22-9-4-8-21(12-16(22)24)11-13-7-10-23(20-13)17-14(18)5-3-6-15(17)19/h3,5-7,10H,2,4,8-9,11-12H2,1H3. The minimum atomic E-state index is -0.659. The predicted molar refractivity (Wildman–Crippen MR) is 85.6 cm³/mol. The molecule has 1 fully saturated rings. The molecule has 0 N–H and O–H groups in total. The van der Waals surface area contributed by atoms with Crippen LogP contribution in [-0.2, 0) is 11.3 Å². The monoisotopic (exact) mass is 334 g/mol. The molecule has 24 heavy (non-hydrogen) atoms. The molecule has 2 heterocycles. The fourth-order valence-electron chi connectivity index (χ4n) is 2.96. The van der Waals surface area contributed by atoms with E-state index in [1.54, 1.807) is 6.07 Å². The van der Waals surface area contributed by atoms with E-state index < -0.39 is 11.6 Å². The van der Waals surface area contributed by atoms with Crippen LogP contribution in [-0.4, -0.2) is 51.7 Å². The largest absolute Gasteiger partial charge is 0.342 e. The van der Waals surface area contributed by atoms with Gasteiger partial charge in [-0.15, -0.1) is 0 Å². The maximum absolute atomic E-state index is 13.8. The van der Waals surface area contributed by atoms with Crippen LogP contribution in [0.5, 0.6) is 0 Å². The Kier molecular flexibility index (Phi) is 4.89. The zero-order valence-corrected chi connectivity index (χ0v) is 13.6. The summed E-state index contributed by atoms with van der Waals surface area (Å²) in [6, 6.07) is 5.44. The van der Waals surface area contributed by atoms with E-state index in [1.165, 1.54) is 29.1 Å². The van der Waals surface area contributed by atoms with Gasteiger partial charge >= 0.3 is 0 Å².